The van der Waals surface area contributed by atoms with E-state index in [1.165, 1.54) is 12.1 Å². The van der Waals surface area contributed by atoms with Gasteiger partial charge in [0.15, 0.2) is 6.61 Å². The van der Waals surface area contributed by atoms with Crippen LogP contribution in [0.5, 0.6) is 11.5 Å². The van der Waals surface area contributed by atoms with Gasteiger partial charge in [-0.25, -0.2) is 13.4 Å². The lowest BCUT2D eigenvalue weighted by Gasteiger charge is -2.24. The Balaban J connectivity index is 1.19. The summed E-state index contributed by atoms with van der Waals surface area (Å²) >= 11 is 13.2. The van der Waals surface area contributed by atoms with Crippen LogP contribution in [0.25, 0.3) is 10.9 Å². The van der Waals surface area contributed by atoms with Crippen molar-refractivity contribution in [3.05, 3.63) is 93.1 Å². The summed E-state index contributed by atoms with van der Waals surface area (Å²) in [7, 11) is -4.21. The number of sulfonamides is 1. The van der Waals surface area contributed by atoms with Gasteiger partial charge in [0, 0.05) is 46.7 Å². The lowest BCUT2D eigenvalue weighted by atomic mass is 10.1. The van der Waals surface area contributed by atoms with Crippen molar-refractivity contribution in [2.24, 2.45) is 5.73 Å². The van der Waals surface area contributed by atoms with Gasteiger partial charge in [-0.1, -0.05) is 41.4 Å². The fraction of sp³-hybridized carbons (Fsp3) is 0.294. The highest BCUT2D eigenvalue weighted by atomic mass is 35.5. The molecule has 5 N–H and O–H groups in total. The fourth-order valence-corrected chi connectivity index (χ4v) is 8.15. The number of nitrogens with zero attached hydrogens (tertiary/aromatic N) is 2. The minimum atomic E-state index is -4.21. The molecule has 1 aliphatic heterocycles. The Kier molecular flexibility index (Phi) is 11.3. The van der Waals surface area contributed by atoms with Crippen LogP contribution in [0.3, 0.4) is 0 Å². The summed E-state index contributed by atoms with van der Waals surface area (Å²) in [4.78, 5) is 29.8. The lowest BCUT2D eigenvalue weighted by Crippen LogP contribution is -2.47. The summed E-state index contributed by atoms with van der Waals surface area (Å²) in [6, 6.07) is 15.9. The van der Waals surface area contributed by atoms with Gasteiger partial charge in [0.05, 0.1) is 16.2 Å². The summed E-state index contributed by atoms with van der Waals surface area (Å²) in [6.07, 6.45) is 0.801. The minimum absolute atomic E-state index is 0.0745. The van der Waals surface area contributed by atoms with Crippen molar-refractivity contribution in [3.63, 3.8) is 0 Å². The number of hydrogen-bond acceptors (Lipinski definition) is 8. The van der Waals surface area contributed by atoms with E-state index in [2.05, 4.69) is 15.6 Å². The fourth-order valence-electron chi connectivity index (χ4n) is 5.63. The van der Waals surface area contributed by atoms with Crippen LogP contribution >= 0.6 is 23.2 Å². The number of amidine groups is 1. The number of para-hydroxylation sites is 1. The maximum atomic E-state index is 13.9. The van der Waals surface area contributed by atoms with E-state index in [1.54, 1.807) is 24.3 Å². The van der Waals surface area contributed by atoms with Gasteiger partial charge in [0.2, 0.25) is 15.9 Å². The van der Waals surface area contributed by atoms with Crippen LogP contribution in [0.15, 0.2) is 65.6 Å². The quantitative estimate of drug-likeness (QED) is 0.0885. The van der Waals surface area contributed by atoms with Crippen LogP contribution in [0.4, 0.5) is 0 Å². The number of ether oxygens (including phenoxy) is 2. The standard InChI is InChI=1S/C34H36Cl2N6O6S/c1-20-24-6-3-4-7-27(24)41-21(2)32(20)48-18-25-26(35)13-14-29(31(25)36)49(45,46)42-17-5-8-28(42)34(44)40-16-15-39-30(43)19-47-23-11-9-22(10-12-23)33(37)38/h3-4,6-7,9-14,28H,5,8,15-19H2,1-2H3,(H3,37,38)(H,39,43)(H,40,44)/t28-/m0/s1. The van der Waals surface area contributed by atoms with Crippen molar-refractivity contribution < 1.29 is 27.5 Å². The second-order valence-electron chi connectivity index (χ2n) is 11.4. The first-order valence-electron chi connectivity index (χ1n) is 15.5. The highest BCUT2D eigenvalue weighted by Gasteiger charge is 2.40. The Morgan fingerprint density at radius 2 is 1.73 bits per heavy atom. The van der Waals surface area contributed by atoms with Crippen LogP contribution in [-0.2, 0) is 26.2 Å². The highest BCUT2D eigenvalue weighted by Crippen LogP contribution is 2.37. The van der Waals surface area contributed by atoms with E-state index in [0.717, 1.165) is 20.8 Å². The number of benzene rings is 3. The lowest BCUT2D eigenvalue weighted by molar-refractivity contribution is -0.125. The van der Waals surface area contributed by atoms with E-state index in [0.29, 0.717) is 41.2 Å². The average Bonchev–Trinajstić information content (AvgIpc) is 3.58. The third kappa shape index (κ3) is 8.07. The number of rotatable bonds is 13. The van der Waals surface area contributed by atoms with Gasteiger partial charge in [-0.05, 0) is 69.2 Å². The number of fused-ring (bicyclic) bond motifs is 1. The molecule has 3 aromatic carbocycles. The largest absolute Gasteiger partial charge is 0.487 e. The second kappa shape index (κ2) is 15.4. The summed E-state index contributed by atoms with van der Waals surface area (Å²) in [5.41, 5.74) is 8.65. The monoisotopic (exact) mass is 726 g/mol. The third-order valence-electron chi connectivity index (χ3n) is 8.15. The molecule has 1 saturated heterocycles. The molecule has 1 fully saturated rings. The number of aryl methyl sites for hydroxylation is 2. The number of halogens is 2. The molecule has 1 aromatic heterocycles. The molecule has 0 unspecified atom stereocenters. The summed E-state index contributed by atoms with van der Waals surface area (Å²) in [5, 5.41) is 13.9. The van der Waals surface area contributed by atoms with Crippen molar-refractivity contribution in [2.45, 2.75) is 44.2 Å². The predicted molar refractivity (Wildman–Crippen MR) is 188 cm³/mol. The molecule has 4 aromatic rings. The van der Waals surface area contributed by atoms with E-state index < -0.39 is 27.9 Å². The molecule has 15 heteroatoms. The van der Waals surface area contributed by atoms with Crippen molar-refractivity contribution >= 4 is 61.8 Å². The molecular weight excluding hydrogens is 691 g/mol. The molecule has 1 aliphatic rings. The first kappa shape index (κ1) is 35.9. The topological polar surface area (TPSA) is 177 Å². The first-order chi connectivity index (χ1) is 23.4. The molecule has 0 bridgehead atoms. The van der Waals surface area contributed by atoms with E-state index in [1.807, 2.05) is 38.1 Å². The molecule has 12 nitrogen and oxygen atoms in total. The third-order valence-corrected chi connectivity index (χ3v) is 11.0. The van der Waals surface area contributed by atoms with Crippen molar-refractivity contribution in [1.82, 2.24) is 19.9 Å². The molecule has 2 heterocycles. The average molecular weight is 728 g/mol. The molecule has 0 spiro atoms. The van der Waals surface area contributed by atoms with Crippen LogP contribution in [0.2, 0.25) is 10.0 Å². The summed E-state index contributed by atoms with van der Waals surface area (Å²) in [5.74, 6) is 0.0211. The number of hydrogen-bond donors (Lipinski definition) is 4. The number of carbonyl (C=O) groups excluding carboxylic acids is 2. The Bertz CT molecular complexity index is 2010. The molecule has 5 rings (SSSR count). The van der Waals surface area contributed by atoms with Crippen LogP contribution in [0, 0.1) is 19.3 Å². The van der Waals surface area contributed by atoms with Crippen LogP contribution in [0.1, 0.15) is 35.2 Å². The van der Waals surface area contributed by atoms with Crippen molar-refractivity contribution in [2.75, 3.05) is 26.2 Å². The summed E-state index contributed by atoms with van der Waals surface area (Å²) in [6.45, 7) is 3.72. The maximum Gasteiger partial charge on any atom is 0.258 e. The zero-order valence-electron chi connectivity index (χ0n) is 26.9. The molecule has 1 atom stereocenters. The molecular formula is C34H36Cl2N6O6S. The van der Waals surface area contributed by atoms with E-state index >= 15 is 0 Å². The number of amides is 2. The summed E-state index contributed by atoms with van der Waals surface area (Å²) < 4.78 is 40.5. The zero-order valence-corrected chi connectivity index (χ0v) is 29.2. The molecule has 2 amide bonds. The van der Waals surface area contributed by atoms with Gasteiger partial charge in [0.1, 0.15) is 34.9 Å². The number of nitrogen functional groups attached to an aromatic ring is 1. The molecule has 0 aliphatic carbocycles. The first-order valence-corrected chi connectivity index (χ1v) is 17.7. The molecule has 258 valence electrons. The Labute approximate surface area is 294 Å². The SMILES string of the molecule is Cc1nc2ccccc2c(C)c1OCc1c(Cl)ccc(S(=O)(=O)N2CCC[C@H]2C(=O)NCCNC(=O)COc2ccc(C(=N)N)cc2)c1Cl. The van der Waals surface area contributed by atoms with Gasteiger partial charge in [-0.15, -0.1) is 0 Å². The van der Waals surface area contributed by atoms with Gasteiger partial charge in [-0.2, -0.15) is 4.31 Å². The normalized spacial score (nSPS) is 14.8. The predicted octanol–water partition coefficient (Wildman–Crippen LogP) is 4.49. The van der Waals surface area contributed by atoms with Crippen LogP contribution in [-0.4, -0.2) is 67.6 Å². The van der Waals surface area contributed by atoms with Gasteiger partial charge in [-0.3, -0.25) is 15.0 Å². The number of carbonyl (C=O) groups is 2. The van der Waals surface area contributed by atoms with Gasteiger partial charge < -0.3 is 25.8 Å². The maximum absolute atomic E-state index is 13.9. The minimum Gasteiger partial charge on any atom is -0.487 e. The molecule has 49 heavy (non-hydrogen) atoms. The van der Waals surface area contributed by atoms with Crippen LogP contribution < -0.4 is 25.8 Å². The number of nitrogens with two attached hydrogens (primary N) is 1. The molecule has 0 radical (unpaired) electrons. The van der Waals surface area contributed by atoms with E-state index in [9.17, 15) is 18.0 Å². The Morgan fingerprint density at radius 1 is 1.02 bits per heavy atom. The van der Waals surface area contributed by atoms with Gasteiger partial charge in [0.25, 0.3) is 5.91 Å². The smallest absolute Gasteiger partial charge is 0.258 e. The number of aromatic nitrogens is 1. The van der Waals surface area contributed by atoms with Gasteiger partial charge >= 0.3 is 0 Å². The van der Waals surface area contributed by atoms with E-state index in [4.69, 9.17) is 43.8 Å². The van der Waals surface area contributed by atoms with E-state index in [-0.39, 0.29) is 53.6 Å². The Hall–Kier alpha value is -4.43. The van der Waals surface area contributed by atoms with Crippen molar-refractivity contribution in [3.8, 4) is 11.5 Å². The Morgan fingerprint density at radius 3 is 2.47 bits per heavy atom. The van der Waals surface area contributed by atoms with Crippen molar-refractivity contribution in [1.29, 1.82) is 5.41 Å². The number of nitrogens with one attached hydrogen (secondary N) is 3. The zero-order chi connectivity index (χ0) is 35.3. The second-order valence-corrected chi connectivity index (χ2v) is 14.1. The highest BCUT2D eigenvalue weighted by molar-refractivity contribution is 7.89. The molecule has 0 saturated carbocycles. The number of pyridine rings is 1.